The maximum atomic E-state index is 12.0. The zero-order valence-corrected chi connectivity index (χ0v) is 16.5. The molecule has 0 saturated carbocycles. The first-order valence-corrected chi connectivity index (χ1v) is 10.7. The summed E-state index contributed by atoms with van der Waals surface area (Å²) in [5.41, 5.74) is 2.56. The second-order valence-electron chi connectivity index (χ2n) is 6.30. The van der Waals surface area contributed by atoms with E-state index in [0.29, 0.717) is 0 Å². The lowest BCUT2D eigenvalue weighted by molar-refractivity contribution is -0.116. The van der Waals surface area contributed by atoms with E-state index in [9.17, 15) is 13.2 Å². The van der Waals surface area contributed by atoms with Crippen LogP contribution >= 0.6 is 0 Å². The van der Waals surface area contributed by atoms with Crippen LogP contribution in [0.1, 0.15) is 11.1 Å². The molecule has 0 aliphatic heterocycles. The molecule has 0 atom stereocenters. The third-order valence-electron chi connectivity index (χ3n) is 4.06. The minimum Gasteiger partial charge on any atom is -0.351 e. The number of para-hydroxylation sites is 1. The molecule has 0 radical (unpaired) electrons. The Kier molecular flexibility index (Phi) is 6.94. The van der Waals surface area contributed by atoms with Crippen molar-refractivity contribution in [1.82, 2.24) is 19.8 Å². The number of nitrogens with one attached hydrogen (secondary N) is 2. The quantitative estimate of drug-likeness (QED) is 0.529. The van der Waals surface area contributed by atoms with Gasteiger partial charge in [-0.1, -0.05) is 48.5 Å². The van der Waals surface area contributed by atoms with Crippen molar-refractivity contribution in [2.75, 3.05) is 12.3 Å². The molecule has 0 fully saturated rings. The Morgan fingerprint density at radius 3 is 2.45 bits per heavy atom. The molecule has 150 valence electrons. The van der Waals surface area contributed by atoms with Gasteiger partial charge in [0.25, 0.3) is 0 Å². The standard InChI is InChI=1S/C21H22N4O3S/c26-21(12-11-19-15-23-25(17-19)20-9-5-2-6-10-20)22-13-14-29(27,28)24-16-18-7-3-1-4-8-18/h1-12,15,17,24H,13-14,16H2,(H,22,26)/b12-11+. The van der Waals surface area contributed by atoms with Crippen LogP contribution in [0.3, 0.4) is 0 Å². The molecule has 2 N–H and O–H groups in total. The molecule has 0 bridgehead atoms. The average Bonchev–Trinajstić information content (AvgIpc) is 3.21. The molecule has 7 nitrogen and oxygen atoms in total. The normalized spacial score (nSPS) is 11.6. The van der Waals surface area contributed by atoms with Crippen LogP contribution in [0, 0.1) is 0 Å². The molecule has 0 spiro atoms. The molecule has 3 aromatic rings. The predicted molar refractivity (Wildman–Crippen MR) is 113 cm³/mol. The molecule has 3 rings (SSSR count). The largest absolute Gasteiger partial charge is 0.351 e. The van der Waals surface area contributed by atoms with Crippen LogP contribution in [0.25, 0.3) is 11.8 Å². The summed E-state index contributed by atoms with van der Waals surface area (Å²) in [5.74, 6) is -0.554. The Morgan fingerprint density at radius 2 is 1.72 bits per heavy atom. The van der Waals surface area contributed by atoms with Crippen LogP contribution in [0.4, 0.5) is 0 Å². The Bertz CT molecular complexity index is 1060. The molecule has 1 heterocycles. The van der Waals surface area contributed by atoms with Crippen LogP contribution in [0.15, 0.2) is 79.1 Å². The predicted octanol–water partition coefficient (Wildman–Crippen LogP) is 2.12. The minimum absolute atomic E-state index is 0.0244. The number of aromatic nitrogens is 2. The Labute approximate surface area is 170 Å². The van der Waals surface area contributed by atoms with Gasteiger partial charge in [0.1, 0.15) is 0 Å². The van der Waals surface area contributed by atoms with Gasteiger partial charge in [-0.25, -0.2) is 17.8 Å². The fourth-order valence-electron chi connectivity index (χ4n) is 2.55. The number of carbonyl (C=O) groups excluding carboxylic acids is 1. The van der Waals surface area contributed by atoms with Crippen LogP contribution in [0.2, 0.25) is 0 Å². The molecule has 0 aliphatic carbocycles. The maximum absolute atomic E-state index is 12.0. The Balaban J connectivity index is 1.43. The molecule has 0 saturated heterocycles. The van der Waals surface area contributed by atoms with E-state index in [1.807, 2.05) is 60.7 Å². The van der Waals surface area contributed by atoms with E-state index < -0.39 is 10.0 Å². The van der Waals surface area contributed by atoms with Gasteiger partial charge in [-0.15, -0.1) is 0 Å². The van der Waals surface area contributed by atoms with Gasteiger partial charge in [0.15, 0.2) is 0 Å². The summed E-state index contributed by atoms with van der Waals surface area (Å²) in [5, 5.41) is 6.82. The highest BCUT2D eigenvalue weighted by Crippen LogP contribution is 2.08. The van der Waals surface area contributed by atoms with Gasteiger partial charge in [-0.3, -0.25) is 4.79 Å². The highest BCUT2D eigenvalue weighted by molar-refractivity contribution is 7.89. The van der Waals surface area contributed by atoms with Gasteiger partial charge in [0, 0.05) is 30.9 Å². The molecular formula is C21H22N4O3S. The summed E-state index contributed by atoms with van der Waals surface area (Å²) in [6.45, 7) is 0.249. The zero-order valence-electron chi connectivity index (χ0n) is 15.7. The number of rotatable bonds is 9. The van der Waals surface area contributed by atoms with E-state index in [1.54, 1.807) is 23.2 Å². The van der Waals surface area contributed by atoms with Crippen molar-refractivity contribution in [1.29, 1.82) is 0 Å². The maximum Gasteiger partial charge on any atom is 0.244 e. The first kappa shape index (κ1) is 20.5. The lowest BCUT2D eigenvalue weighted by atomic mass is 10.2. The zero-order chi connectivity index (χ0) is 20.5. The van der Waals surface area contributed by atoms with E-state index in [2.05, 4.69) is 15.1 Å². The van der Waals surface area contributed by atoms with Gasteiger partial charge in [0.2, 0.25) is 15.9 Å². The van der Waals surface area contributed by atoms with E-state index in [1.165, 1.54) is 6.08 Å². The highest BCUT2D eigenvalue weighted by atomic mass is 32.2. The average molecular weight is 410 g/mol. The Morgan fingerprint density at radius 1 is 1.03 bits per heavy atom. The summed E-state index contributed by atoms with van der Waals surface area (Å²) in [6, 6.07) is 18.9. The highest BCUT2D eigenvalue weighted by Gasteiger charge is 2.10. The van der Waals surface area contributed by atoms with E-state index in [0.717, 1.165) is 16.8 Å². The van der Waals surface area contributed by atoms with E-state index >= 15 is 0 Å². The number of carbonyl (C=O) groups is 1. The van der Waals surface area contributed by atoms with Gasteiger partial charge >= 0.3 is 0 Å². The summed E-state index contributed by atoms with van der Waals surface area (Å²) in [6.07, 6.45) is 6.44. The number of hydrogen-bond donors (Lipinski definition) is 2. The molecule has 0 aliphatic rings. The third-order valence-corrected chi connectivity index (χ3v) is 5.39. The van der Waals surface area contributed by atoms with E-state index in [-0.39, 0.29) is 24.7 Å². The van der Waals surface area contributed by atoms with Crippen LogP contribution in [-0.4, -0.2) is 36.4 Å². The van der Waals surface area contributed by atoms with Gasteiger partial charge in [-0.2, -0.15) is 5.10 Å². The van der Waals surface area contributed by atoms with E-state index in [4.69, 9.17) is 0 Å². The minimum atomic E-state index is -3.47. The van der Waals surface area contributed by atoms with Crippen LogP contribution in [-0.2, 0) is 21.4 Å². The SMILES string of the molecule is O=C(/C=C/c1cnn(-c2ccccc2)c1)NCCS(=O)(=O)NCc1ccccc1. The summed E-state index contributed by atoms with van der Waals surface area (Å²) in [7, 11) is -3.47. The number of sulfonamides is 1. The van der Waals surface area contributed by atoms with Crippen molar-refractivity contribution in [3.05, 3.63) is 90.3 Å². The van der Waals surface area contributed by atoms with Gasteiger partial charge < -0.3 is 5.32 Å². The fourth-order valence-corrected chi connectivity index (χ4v) is 3.45. The molecule has 2 aromatic carbocycles. The van der Waals surface area contributed by atoms with Gasteiger partial charge in [0.05, 0.1) is 17.6 Å². The summed E-state index contributed by atoms with van der Waals surface area (Å²) < 4.78 is 28.2. The lowest BCUT2D eigenvalue weighted by Crippen LogP contribution is -2.33. The molecule has 1 amide bonds. The van der Waals surface area contributed by atoms with Gasteiger partial charge in [-0.05, 0) is 23.8 Å². The smallest absolute Gasteiger partial charge is 0.244 e. The topological polar surface area (TPSA) is 93.1 Å². The first-order valence-electron chi connectivity index (χ1n) is 9.09. The Hall–Kier alpha value is -3.23. The van der Waals surface area contributed by atoms with Crippen molar-refractivity contribution >= 4 is 22.0 Å². The van der Waals surface area contributed by atoms with Crippen LogP contribution in [0.5, 0.6) is 0 Å². The molecule has 8 heteroatoms. The third kappa shape index (κ3) is 6.70. The van der Waals surface area contributed by atoms with Crippen molar-refractivity contribution in [3.63, 3.8) is 0 Å². The summed E-state index contributed by atoms with van der Waals surface area (Å²) in [4.78, 5) is 11.9. The molecular weight excluding hydrogens is 388 g/mol. The first-order chi connectivity index (χ1) is 14.0. The number of hydrogen-bond acceptors (Lipinski definition) is 4. The molecule has 0 unspecified atom stereocenters. The fraction of sp³-hybridized carbons (Fsp3) is 0.143. The van der Waals surface area contributed by atoms with Crippen molar-refractivity contribution < 1.29 is 13.2 Å². The molecule has 29 heavy (non-hydrogen) atoms. The van der Waals surface area contributed by atoms with Crippen molar-refractivity contribution in [2.24, 2.45) is 0 Å². The lowest BCUT2D eigenvalue weighted by Gasteiger charge is -2.07. The monoisotopic (exact) mass is 410 g/mol. The second kappa shape index (κ2) is 9.81. The van der Waals surface area contributed by atoms with Crippen molar-refractivity contribution in [2.45, 2.75) is 6.54 Å². The summed E-state index contributed by atoms with van der Waals surface area (Å²) >= 11 is 0. The molecule has 1 aromatic heterocycles. The van der Waals surface area contributed by atoms with Crippen LogP contribution < -0.4 is 10.0 Å². The second-order valence-corrected chi connectivity index (χ2v) is 8.23. The number of amides is 1. The number of benzene rings is 2. The number of nitrogens with zero attached hydrogens (tertiary/aromatic N) is 2. The van der Waals surface area contributed by atoms with Crippen molar-refractivity contribution in [3.8, 4) is 5.69 Å².